The van der Waals surface area contributed by atoms with Crippen LogP contribution in [0.4, 0.5) is 11.4 Å². The van der Waals surface area contributed by atoms with Gasteiger partial charge in [-0.1, -0.05) is 18.5 Å². The van der Waals surface area contributed by atoms with Crippen LogP contribution in [-0.2, 0) is 11.2 Å². The average Bonchev–Trinajstić information content (AvgIpc) is 2.89. The van der Waals surface area contributed by atoms with Gasteiger partial charge in [0.1, 0.15) is 11.9 Å². The highest BCUT2D eigenvalue weighted by Crippen LogP contribution is 2.25. The summed E-state index contributed by atoms with van der Waals surface area (Å²) in [4.78, 5) is 16.6. The fraction of sp³-hybridized carbons (Fsp3) is 0.333. The molecule has 0 aliphatic heterocycles. The first-order valence-corrected chi connectivity index (χ1v) is 7.28. The van der Waals surface area contributed by atoms with Crippen LogP contribution in [0.15, 0.2) is 30.6 Å². The van der Waals surface area contributed by atoms with E-state index in [1.807, 2.05) is 17.7 Å². The van der Waals surface area contributed by atoms with Gasteiger partial charge in [0.15, 0.2) is 0 Å². The molecule has 1 aromatic carbocycles. The molecule has 0 aliphatic carbocycles. The minimum absolute atomic E-state index is 0.142. The summed E-state index contributed by atoms with van der Waals surface area (Å²) in [6.45, 7) is 3.92. The molecule has 112 valence electrons. The van der Waals surface area contributed by atoms with Crippen LogP contribution in [0.3, 0.4) is 0 Å². The third-order valence-corrected chi connectivity index (χ3v) is 3.58. The molecule has 0 saturated heterocycles. The molecule has 1 atom stereocenters. The van der Waals surface area contributed by atoms with E-state index in [0.717, 1.165) is 18.7 Å². The number of aryl methyl sites for hydroxylation is 1. The van der Waals surface area contributed by atoms with E-state index in [0.29, 0.717) is 16.4 Å². The SMILES string of the molecule is CCCc1nccn1C(C)C(=O)Nc1ccc(N)cc1Cl. The molecule has 0 bridgehead atoms. The van der Waals surface area contributed by atoms with Crippen LogP contribution in [0.1, 0.15) is 32.1 Å². The van der Waals surface area contributed by atoms with Gasteiger partial charge in [-0.3, -0.25) is 4.79 Å². The number of benzene rings is 1. The second-order valence-corrected chi connectivity index (χ2v) is 5.31. The van der Waals surface area contributed by atoms with Crippen LogP contribution in [0, 0.1) is 0 Å². The van der Waals surface area contributed by atoms with Crippen molar-refractivity contribution in [3.05, 3.63) is 41.4 Å². The van der Waals surface area contributed by atoms with Crippen LogP contribution < -0.4 is 11.1 Å². The topological polar surface area (TPSA) is 72.9 Å². The van der Waals surface area contributed by atoms with Crippen molar-refractivity contribution >= 4 is 28.9 Å². The maximum Gasteiger partial charge on any atom is 0.247 e. The van der Waals surface area contributed by atoms with Gasteiger partial charge in [-0.25, -0.2) is 4.98 Å². The molecule has 3 N–H and O–H groups in total. The predicted molar refractivity (Wildman–Crippen MR) is 85.4 cm³/mol. The molecule has 0 aliphatic rings. The molecule has 0 fully saturated rings. The van der Waals surface area contributed by atoms with Crippen molar-refractivity contribution in [1.82, 2.24) is 9.55 Å². The molecule has 5 nitrogen and oxygen atoms in total. The highest BCUT2D eigenvalue weighted by atomic mass is 35.5. The maximum absolute atomic E-state index is 12.4. The highest BCUT2D eigenvalue weighted by molar-refractivity contribution is 6.34. The zero-order valence-electron chi connectivity index (χ0n) is 12.1. The second-order valence-electron chi connectivity index (χ2n) is 4.91. The van der Waals surface area contributed by atoms with Gasteiger partial charge in [0.2, 0.25) is 5.91 Å². The summed E-state index contributed by atoms with van der Waals surface area (Å²) in [6, 6.07) is 4.65. The number of rotatable bonds is 5. The van der Waals surface area contributed by atoms with Gasteiger partial charge >= 0.3 is 0 Å². The summed E-state index contributed by atoms with van der Waals surface area (Å²) >= 11 is 6.07. The lowest BCUT2D eigenvalue weighted by molar-refractivity contribution is -0.118. The van der Waals surface area contributed by atoms with Gasteiger partial charge in [0, 0.05) is 24.5 Å². The summed E-state index contributed by atoms with van der Waals surface area (Å²) in [5.74, 6) is 0.764. The Morgan fingerprint density at radius 1 is 1.52 bits per heavy atom. The second kappa shape index (κ2) is 6.63. The fourth-order valence-electron chi connectivity index (χ4n) is 2.11. The maximum atomic E-state index is 12.4. The van der Waals surface area contributed by atoms with Crippen molar-refractivity contribution in [3.63, 3.8) is 0 Å². The van der Waals surface area contributed by atoms with Crippen LogP contribution in [-0.4, -0.2) is 15.5 Å². The number of imidazole rings is 1. The number of carbonyl (C=O) groups is 1. The Kier molecular flexibility index (Phi) is 4.85. The molecule has 2 aromatic rings. The normalized spacial score (nSPS) is 12.1. The summed E-state index contributed by atoms with van der Waals surface area (Å²) < 4.78 is 1.88. The Morgan fingerprint density at radius 3 is 2.95 bits per heavy atom. The minimum atomic E-state index is -0.359. The third kappa shape index (κ3) is 3.55. The monoisotopic (exact) mass is 306 g/mol. The van der Waals surface area contributed by atoms with Crippen LogP contribution in [0.2, 0.25) is 5.02 Å². The van der Waals surface area contributed by atoms with Gasteiger partial charge in [-0.2, -0.15) is 0 Å². The van der Waals surface area contributed by atoms with Gasteiger partial charge < -0.3 is 15.6 Å². The third-order valence-electron chi connectivity index (χ3n) is 3.27. The number of hydrogen-bond donors (Lipinski definition) is 2. The van der Waals surface area contributed by atoms with E-state index >= 15 is 0 Å². The summed E-state index contributed by atoms with van der Waals surface area (Å²) in [6.07, 6.45) is 5.35. The number of nitrogen functional groups attached to an aromatic ring is 1. The summed E-state index contributed by atoms with van der Waals surface area (Å²) in [7, 11) is 0. The quantitative estimate of drug-likeness (QED) is 0.833. The highest BCUT2D eigenvalue weighted by Gasteiger charge is 2.18. The van der Waals surface area contributed by atoms with Crippen molar-refractivity contribution in [2.45, 2.75) is 32.7 Å². The van der Waals surface area contributed by atoms with E-state index in [1.54, 1.807) is 24.4 Å². The minimum Gasteiger partial charge on any atom is -0.399 e. The standard InChI is InChI=1S/C15H19ClN4O/c1-3-4-14-18-7-8-20(14)10(2)15(21)19-13-6-5-11(17)9-12(13)16/h5-10H,3-4,17H2,1-2H3,(H,19,21). The molecule has 0 saturated carbocycles. The van der Waals surface area contributed by atoms with E-state index in [2.05, 4.69) is 17.2 Å². The molecule has 1 amide bonds. The first-order chi connectivity index (χ1) is 10.0. The van der Waals surface area contributed by atoms with Crippen molar-refractivity contribution in [3.8, 4) is 0 Å². The summed E-state index contributed by atoms with van der Waals surface area (Å²) in [5, 5.41) is 3.25. The first kappa shape index (κ1) is 15.4. The van der Waals surface area contributed by atoms with Gasteiger partial charge in [0.25, 0.3) is 0 Å². The van der Waals surface area contributed by atoms with Gasteiger partial charge in [-0.05, 0) is 31.5 Å². The molecule has 1 heterocycles. The van der Waals surface area contributed by atoms with Gasteiger partial charge in [-0.15, -0.1) is 0 Å². The number of anilines is 2. The molecular weight excluding hydrogens is 288 g/mol. The fourth-order valence-corrected chi connectivity index (χ4v) is 2.35. The Morgan fingerprint density at radius 2 is 2.29 bits per heavy atom. The van der Waals surface area contributed by atoms with E-state index in [-0.39, 0.29) is 11.9 Å². The number of nitrogens with zero attached hydrogens (tertiary/aromatic N) is 2. The van der Waals surface area contributed by atoms with Crippen molar-refractivity contribution < 1.29 is 4.79 Å². The Labute approximate surface area is 129 Å². The lowest BCUT2D eigenvalue weighted by Gasteiger charge is -2.17. The molecular formula is C15H19ClN4O. The Balaban J connectivity index is 2.14. The summed E-state index contributed by atoms with van der Waals surface area (Å²) in [5.41, 5.74) is 6.76. The van der Waals surface area contributed by atoms with E-state index in [1.165, 1.54) is 0 Å². The van der Waals surface area contributed by atoms with E-state index in [9.17, 15) is 4.79 Å². The molecule has 1 unspecified atom stereocenters. The molecule has 0 spiro atoms. The Hall–Kier alpha value is -2.01. The largest absolute Gasteiger partial charge is 0.399 e. The number of aromatic nitrogens is 2. The molecule has 2 rings (SSSR count). The van der Waals surface area contributed by atoms with Crippen molar-refractivity contribution in [2.24, 2.45) is 0 Å². The van der Waals surface area contributed by atoms with Crippen LogP contribution in [0.5, 0.6) is 0 Å². The number of carbonyl (C=O) groups excluding carboxylic acids is 1. The first-order valence-electron chi connectivity index (χ1n) is 6.90. The number of nitrogens with two attached hydrogens (primary N) is 1. The zero-order chi connectivity index (χ0) is 15.4. The number of nitrogens with one attached hydrogen (secondary N) is 1. The zero-order valence-corrected chi connectivity index (χ0v) is 12.9. The van der Waals surface area contributed by atoms with Crippen molar-refractivity contribution in [2.75, 3.05) is 11.1 Å². The lowest BCUT2D eigenvalue weighted by atomic mass is 10.2. The molecule has 0 radical (unpaired) electrons. The number of hydrogen-bond acceptors (Lipinski definition) is 3. The van der Waals surface area contributed by atoms with Crippen LogP contribution >= 0.6 is 11.6 Å². The molecule has 6 heteroatoms. The van der Waals surface area contributed by atoms with E-state index < -0.39 is 0 Å². The molecule has 21 heavy (non-hydrogen) atoms. The smallest absolute Gasteiger partial charge is 0.247 e. The van der Waals surface area contributed by atoms with Crippen LogP contribution in [0.25, 0.3) is 0 Å². The Bertz CT molecular complexity index is 638. The number of amides is 1. The van der Waals surface area contributed by atoms with E-state index in [4.69, 9.17) is 17.3 Å². The molecule has 1 aromatic heterocycles. The predicted octanol–water partition coefficient (Wildman–Crippen LogP) is 3.27. The average molecular weight is 307 g/mol. The number of halogens is 1. The van der Waals surface area contributed by atoms with Crippen molar-refractivity contribution in [1.29, 1.82) is 0 Å². The van der Waals surface area contributed by atoms with Gasteiger partial charge in [0.05, 0.1) is 10.7 Å². The lowest BCUT2D eigenvalue weighted by Crippen LogP contribution is -2.24.